The highest BCUT2D eigenvalue weighted by Crippen LogP contribution is 2.23. The van der Waals surface area contributed by atoms with Crippen molar-refractivity contribution in [2.75, 3.05) is 7.11 Å². The number of carbonyl (C=O) groups excluding carboxylic acids is 2. The van der Waals surface area contributed by atoms with Gasteiger partial charge in [-0.25, -0.2) is 9.78 Å². The average Bonchev–Trinajstić information content (AvgIpc) is 2.74. The van der Waals surface area contributed by atoms with E-state index in [0.717, 1.165) is 0 Å². The molecule has 0 aliphatic rings. The molecule has 0 radical (unpaired) electrons. The van der Waals surface area contributed by atoms with E-state index in [2.05, 4.69) is 14.7 Å². The molecule has 2 aromatic heterocycles. The highest BCUT2D eigenvalue weighted by Gasteiger charge is 2.19. The van der Waals surface area contributed by atoms with Crippen LogP contribution in [0.25, 0.3) is 10.9 Å². The van der Waals surface area contributed by atoms with Gasteiger partial charge >= 0.3 is 5.97 Å². The van der Waals surface area contributed by atoms with Crippen LogP contribution in [0.1, 0.15) is 33.5 Å². The average molecular weight is 232 g/mol. The molecule has 0 saturated heterocycles. The summed E-state index contributed by atoms with van der Waals surface area (Å²) in [6.07, 6.45) is 1.67. The minimum Gasteiger partial charge on any atom is -0.464 e. The number of hydrogen-bond donors (Lipinski definition) is 1. The number of nitrogens with one attached hydrogen (secondary N) is 1. The smallest absolute Gasteiger partial charge is 0.358 e. The predicted octanol–water partition coefficient (Wildman–Crippen LogP) is 1.86. The van der Waals surface area contributed by atoms with E-state index < -0.39 is 5.97 Å². The quantitative estimate of drug-likeness (QED) is 0.633. The molecule has 17 heavy (non-hydrogen) atoms. The summed E-state index contributed by atoms with van der Waals surface area (Å²) in [4.78, 5) is 30.2. The number of ketones is 1. The predicted molar refractivity (Wildman–Crippen MR) is 62.2 cm³/mol. The zero-order valence-corrected chi connectivity index (χ0v) is 9.83. The van der Waals surface area contributed by atoms with Crippen molar-refractivity contribution in [3.05, 3.63) is 29.2 Å². The van der Waals surface area contributed by atoms with Gasteiger partial charge in [0.05, 0.1) is 12.6 Å². The third kappa shape index (κ3) is 1.69. The Morgan fingerprint density at radius 3 is 2.71 bits per heavy atom. The summed E-state index contributed by atoms with van der Waals surface area (Å²) in [6, 6.07) is 1.76. The number of methoxy groups -OCH3 is 1. The molecular formula is C12H12N2O3. The van der Waals surface area contributed by atoms with E-state index in [1.807, 2.05) is 0 Å². The second kappa shape index (κ2) is 4.01. The summed E-state index contributed by atoms with van der Waals surface area (Å²) >= 11 is 0. The van der Waals surface area contributed by atoms with Gasteiger partial charge in [-0.05, 0) is 19.9 Å². The molecule has 2 aromatic rings. The molecule has 0 bridgehead atoms. The van der Waals surface area contributed by atoms with E-state index in [-0.39, 0.29) is 11.5 Å². The Bertz CT molecular complexity index is 613. The molecule has 0 saturated carbocycles. The third-order valence-electron chi connectivity index (χ3n) is 2.63. The number of aromatic amines is 1. The van der Waals surface area contributed by atoms with Gasteiger partial charge in [-0.2, -0.15) is 0 Å². The molecule has 0 aromatic carbocycles. The third-order valence-corrected chi connectivity index (χ3v) is 2.63. The Kier molecular flexibility index (Phi) is 2.67. The van der Waals surface area contributed by atoms with Crippen LogP contribution >= 0.6 is 0 Å². The second-order valence-corrected chi connectivity index (χ2v) is 3.73. The lowest BCUT2D eigenvalue weighted by Crippen LogP contribution is -2.09. The number of hydrogen-bond acceptors (Lipinski definition) is 4. The number of pyridine rings is 1. The molecule has 0 atom stereocenters. The number of esters is 1. The van der Waals surface area contributed by atoms with Crippen molar-refractivity contribution >= 4 is 22.7 Å². The number of Topliss-reactive ketones (excluding diaryl/α,β-unsaturated/α-hetero) is 1. The van der Waals surface area contributed by atoms with Crippen LogP contribution in [0.5, 0.6) is 0 Å². The molecule has 0 amide bonds. The van der Waals surface area contributed by atoms with Crippen LogP contribution in [-0.2, 0) is 4.74 Å². The molecule has 2 rings (SSSR count). The lowest BCUT2D eigenvalue weighted by Gasteiger charge is -2.07. The first-order valence-corrected chi connectivity index (χ1v) is 5.13. The van der Waals surface area contributed by atoms with Crippen LogP contribution in [0.15, 0.2) is 12.3 Å². The highest BCUT2D eigenvalue weighted by molar-refractivity contribution is 6.11. The number of fused-ring (bicyclic) bond motifs is 1. The lowest BCUT2D eigenvalue weighted by atomic mass is 10.0. The summed E-state index contributed by atoms with van der Waals surface area (Å²) in [5.74, 6) is -0.591. The van der Waals surface area contributed by atoms with Gasteiger partial charge in [0, 0.05) is 22.8 Å². The number of aromatic nitrogens is 2. The van der Waals surface area contributed by atoms with Crippen molar-refractivity contribution < 1.29 is 14.3 Å². The van der Waals surface area contributed by atoms with Gasteiger partial charge in [0.15, 0.2) is 11.5 Å². The fourth-order valence-corrected chi connectivity index (χ4v) is 1.94. The standard InChI is InChI=1S/C12H12N2O3/c1-6-9(7(2)15)8-4-5-13-10(8)11(14-6)12(16)17-3/h4-5,13H,1-3H3. The molecule has 0 unspecified atom stereocenters. The zero-order chi connectivity index (χ0) is 12.6. The van der Waals surface area contributed by atoms with Gasteiger partial charge in [-0.15, -0.1) is 0 Å². The molecule has 0 fully saturated rings. The number of rotatable bonds is 2. The number of nitrogens with zero attached hydrogens (tertiary/aromatic N) is 1. The number of ether oxygens (including phenoxy) is 1. The van der Waals surface area contributed by atoms with Crippen LogP contribution < -0.4 is 0 Å². The van der Waals surface area contributed by atoms with Gasteiger partial charge in [0.1, 0.15) is 0 Å². The molecule has 2 heterocycles. The van der Waals surface area contributed by atoms with Crippen LogP contribution in [-0.4, -0.2) is 28.8 Å². The minimum absolute atomic E-state index is 0.0731. The van der Waals surface area contributed by atoms with E-state index in [9.17, 15) is 9.59 Å². The topological polar surface area (TPSA) is 72.0 Å². The molecule has 1 N–H and O–H groups in total. The van der Waals surface area contributed by atoms with Crippen LogP contribution in [0.4, 0.5) is 0 Å². The minimum atomic E-state index is -0.518. The first-order valence-electron chi connectivity index (χ1n) is 5.13. The van der Waals surface area contributed by atoms with Crippen molar-refractivity contribution in [2.45, 2.75) is 13.8 Å². The summed E-state index contributed by atoms with van der Waals surface area (Å²) in [5, 5.41) is 0.699. The zero-order valence-electron chi connectivity index (χ0n) is 9.83. The molecule has 0 aliphatic carbocycles. The van der Waals surface area contributed by atoms with Gasteiger partial charge in [0.2, 0.25) is 0 Å². The van der Waals surface area contributed by atoms with Crippen LogP contribution in [0, 0.1) is 6.92 Å². The summed E-state index contributed by atoms with van der Waals surface area (Å²) in [7, 11) is 1.30. The Hall–Kier alpha value is -2.17. The summed E-state index contributed by atoms with van der Waals surface area (Å²) < 4.78 is 4.66. The van der Waals surface area contributed by atoms with Crippen molar-refractivity contribution in [1.82, 2.24) is 9.97 Å². The second-order valence-electron chi connectivity index (χ2n) is 3.73. The molecule has 88 valence electrons. The number of carbonyl (C=O) groups is 2. The number of aryl methyl sites for hydroxylation is 1. The van der Waals surface area contributed by atoms with E-state index >= 15 is 0 Å². The van der Waals surface area contributed by atoms with E-state index in [1.54, 1.807) is 19.2 Å². The lowest BCUT2D eigenvalue weighted by molar-refractivity contribution is 0.0595. The van der Waals surface area contributed by atoms with E-state index in [1.165, 1.54) is 14.0 Å². The fourth-order valence-electron chi connectivity index (χ4n) is 1.94. The van der Waals surface area contributed by atoms with E-state index in [0.29, 0.717) is 22.2 Å². The van der Waals surface area contributed by atoms with Crippen LogP contribution in [0.3, 0.4) is 0 Å². The van der Waals surface area contributed by atoms with Gasteiger partial charge < -0.3 is 9.72 Å². The molecular weight excluding hydrogens is 220 g/mol. The molecule has 5 nitrogen and oxygen atoms in total. The van der Waals surface area contributed by atoms with Gasteiger partial charge in [-0.3, -0.25) is 4.79 Å². The molecule has 0 aliphatic heterocycles. The van der Waals surface area contributed by atoms with Crippen LogP contribution in [0.2, 0.25) is 0 Å². The van der Waals surface area contributed by atoms with Crippen molar-refractivity contribution in [2.24, 2.45) is 0 Å². The summed E-state index contributed by atoms with van der Waals surface area (Å²) in [5.41, 5.74) is 1.81. The maximum absolute atomic E-state index is 11.6. The molecule has 5 heteroatoms. The Morgan fingerprint density at radius 1 is 1.41 bits per heavy atom. The van der Waals surface area contributed by atoms with Gasteiger partial charge in [0.25, 0.3) is 0 Å². The maximum atomic E-state index is 11.6. The van der Waals surface area contributed by atoms with E-state index in [4.69, 9.17) is 0 Å². The van der Waals surface area contributed by atoms with Crippen molar-refractivity contribution in [3.63, 3.8) is 0 Å². The van der Waals surface area contributed by atoms with Gasteiger partial charge in [-0.1, -0.05) is 0 Å². The monoisotopic (exact) mass is 232 g/mol. The largest absolute Gasteiger partial charge is 0.464 e. The SMILES string of the molecule is COC(=O)c1nc(C)c(C(C)=O)c2cc[nH]c12. The first kappa shape index (κ1) is 11.3. The van der Waals surface area contributed by atoms with Crippen molar-refractivity contribution in [1.29, 1.82) is 0 Å². The Balaban J connectivity index is 2.83. The molecule has 0 spiro atoms. The maximum Gasteiger partial charge on any atom is 0.358 e. The Labute approximate surface area is 97.8 Å². The first-order chi connectivity index (χ1) is 8.06. The fraction of sp³-hybridized carbons (Fsp3) is 0.250. The number of H-pyrrole nitrogens is 1. The summed E-state index contributed by atoms with van der Waals surface area (Å²) in [6.45, 7) is 3.18. The highest BCUT2D eigenvalue weighted by atomic mass is 16.5. The Morgan fingerprint density at radius 2 is 2.12 bits per heavy atom. The normalized spacial score (nSPS) is 10.5. The van der Waals surface area contributed by atoms with Crippen molar-refractivity contribution in [3.8, 4) is 0 Å².